The highest BCUT2D eigenvalue weighted by Gasteiger charge is 2.23. The number of sulfonamides is 1. The lowest BCUT2D eigenvalue weighted by atomic mass is 10.0. The Hall–Kier alpha value is -2.81. The van der Waals surface area contributed by atoms with Crippen molar-refractivity contribution in [2.75, 3.05) is 31.3 Å². The lowest BCUT2D eigenvalue weighted by molar-refractivity contribution is -0.120. The average Bonchev–Trinajstić information content (AvgIpc) is 2.68. The molecule has 1 atom stereocenters. The zero-order valence-electron chi connectivity index (χ0n) is 16.8. The van der Waals surface area contributed by atoms with Crippen molar-refractivity contribution >= 4 is 21.6 Å². The number of rotatable bonds is 9. The standard InChI is InChI=1S/C20H25FN2O5S/c1-5-17(14-9-10-18(27-2)19(11-14)28-3)22-20(24)13-23(29(4,25)26)16-8-6-7-15(21)12-16/h6-12,17H,5,13H2,1-4H3,(H,22,24)/t17-/m1/s1. The summed E-state index contributed by atoms with van der Waals surface area (Å²) in [5.74, 6) is -0.0170. The van der Waals surface area contributed by atoms with Crippen LogP contribution >= 0.6 is 0 Å². The molecule has 0 bridgehead atoms. The van der Waals surface area contributed by atoms with E-state index in [0.717, 1.165) is 22.2 Å². The number of hydrogen-bond acceptors (Lipinski definition) is 5. The molecule has 0 aromatic heterocycles. The number of ether oxygens (including phenoxy) is 2. The van der Waals surface area contributed by atoms with Crippen LogP contribution in [0.15, 0.2) is 42.5 Å². The Bertz CT molecular complexity index is 965. The lowest BCUT2D eigenvalue weighted by Gasteiger charge is -2.24. The molecule has 0 unspecified atom stereocenters. The van der Waals surface area contributed by atoms with E-state index in [1.165, 1.54) is 32.4 Å². The fourth-order valence-electron chi connectivity index (χ4n) is 2.89. The third kappa shape index (κ3) is 5.83. The molecule has 2 aromatic rings. The number of nitrogens with one attached hydrogen (secondary N) is 1. The van der Waals surface area contributed by atoms with Crippen molar-refractivity contribution in [2.24, 2.45) is 0 Å². The van der Waals surface area contributed by atoms with Crippen LogP contribution in [0.3, 0.4) is 0 Å². The van der Waals surface area contributed by atoms with Crippen LogP contribution in [0.5, 0.6) is 11.5 Å². The fraction of sp³-hybridized carbons (Fsp3) is 0.350. The van der Waals surface area contributed by atoms with Crippen molar-refractivity contribution in [2.45, 2.75) is 19.4 Å². The minimum Gasteiger partial charge on any atom is -0.493 e. The van der Waals surface area contributed by atoms with Crippen LogP contribution in [-0.4, -0.2) is 41.3 Å². The molecule has 29 heavy (non-hydrogen) atoms. The second kappa shape index (κ2) is 9.60. The van der Waals surface area contributed by atoms with E-state index >= 15 is 0 Å². The van der Waals surface area contributed by atoms with E-state index in [4.69, 9.17) is 9.47 Å². The van der Waals surface area contributed by atoms with Gasteiger partial charge in [0.15, 0.2) is 11.5 Å². The molecule has 0 saturated carbocycles. The molecular formula is C20H25FN2O5S. The van der Waals surface area contributed by atoms with Crippen molar-refractivity contribution < 1.29 is 27.1 Å². The Morgan fingerprint density at radius 1 is 1.14 bits per heavy atom. The second-order valence-electron chi connectivity index (χ2n) is 6.39. The summed E-state index contributed by atoms with van der Waals surface area (Å²) in [7, 11) is -0.739. The molecule has 158 valence electrons. The highest BCUT2D eigenvalue weighted by atomic mass is 32.2. The molecule has 9 heteroatoms. The molecule has 7 nitrogen and oxygen atoms in total. The number of nitrogens with zero attached hydrogens (tertiary/aromatic N) is 1. The molecule has 1 amide bonds. The van der Waals surface area contributed by atoms with Gasteiger partial charge >= 0.3 is 0 Å². The summed E-state index contributed by atoms with van der Waals surface area (Å²) in [4.78, 5) is 12.6. The maximum absolute atomic E-state index is 13.5. The van der Waals surface area contributed by atoms with Gasteiger partial charge in [-0.15, -0.1) is 0 Å². The predicted octanol–water partition coefficient (Wildman–Crippen LogP) is 2.88. The Morgan fingerprint density at radius 2 is 1.83 bits per heavy atom. The van der Waals surface area contributed by atoms with E-state index in [9.17, 15) is 17.6 Å². The molecule has 0 spiro atoms. The zero-order chi connectivity index (χ0) is 21.6. The highest BCUT2D eigenvalue weighted by Crippen LogP contribution is 2.31. The number of anilines is 1. The van der Waals surface area contributed by atoms with Crippen molar-refractivity contribution in [3.63, 3.8) is 0 Å². The van der Waals surface area contributed by atoms with Gasteiger partial charge in [-0.05, 0) is 42.3 Å². The fourth-order valence-corrected chi connectivity index (χ4v) is 3.74. The Balaban J connectivity index is 2.22. The van der Waals surface area contributed by atoms with Gasteiger partial charge < -0.3 is 14.8 Å². The summed E-state index contributed by atoms with van der Waals surface area (Å²) >= 11 is 0. The van der Waals surface area contributed by atoms with E-state index in [0.29, 0.717) is 17.9 Å². The zero-order valence-corrected chi connectivity index (χ0v) is 17.6. The topological polar surface area (TPSA) is 84.9 Å². The highest BCUT2D eigenvalue weighted by molar-refractivity contribution is 7.92. The first kappa shape index (κ1) is 22.5. The van der Waals surface area contributed by atoms with Gasteiger partial charge in [0.2, 0.25) is 15.9 Å². The van der Waals surface area contributed by atoms with Gasteiger partial charge in [-0.2, -0.15) is 0 Å². The smallest absolute Gasteiger partial charge is 0.241 e. The Labute approximate surface area is 170 Å². The summed E-state index contributed by atoms with van der Waals surface area (Å²) in [6, 6.07) is 10.0. The van der Waals surface area contributed by atoms with E-state index in [1.54, 1.807) is 18.2 Å². The van der Waals surface area contributed by atoms with Crippen LogP contribution in [0.1, 0.15) is 24.9 Å². The van der Waals surface area contributed by atoms with Gasteiger partial charge in [-0.1, -0.05) is 19.1 Å². The molecule has 2 aromatic carbocycles. The first-order valence-corrected chi connectivity index (χ1v) is 10.8. The Morgan fingerprint density at radius 3 is 2.38 bits per heavy atom. The molecular weight excluding hydrogens is 399 g/mol. The van der Waals surface area contributed by atoms with E-state index in [1.807, 2.05) is 6.92 Å². The van der Waals surface area contributed by atoms with Crippen LogP contribution < -0.4 is 19.1 Å². The van der Waals surface area contributed by atoms with Gasteiger partial charge in [0, 0.05) is 0 Å². The summed E-state index contributed by atoms with van der Waals surface area (Å²) in [6.45, 7) is 1.43. The summed E-state index contributed by atoms with van der Waals surface area (Å²) in [5, 5.41) is 2.82. The van der Waals surface area contributed by atoms with E-state index in [2.05, 4.69) is 5.32 Å². The average molecular weight is 424 g/mol. The van der Waals surface area contributed by atoms with Crippen molar-refractivity contribution in [3.8, 4) is 11.5 Å². The van der Waals surface area contributed by atoms with Crippen molar-refractivity contribution in [1.82, 2.24) is 5.32 Å². The molecule has 0 heterocycles. The summed E-state index contributed by atoms with van der Waals surface area (Å²) in [6.07, 6.45) is 1.54. The molecule has 0 aliphatic heterocycles. The van der Waals surface area contributed by atoms with Gasteiger partial charge in [0.25, 0.3) is 0 Å². The molecule has 0 radical (unpaired) electrons. The first-order valence-electron chi connectivity index (χ1n) is 8.94. The second-order valence-corrected chi connectivity index (χ2v) is 8.30. The third-order valence-corrected chi connectivity index (χ3v) is 5.48. The van der Waals surface area contributed by atoms with Gasteiger partial charge in [-0.25, -0.2) is 12.8 Å². The normalized spacial score (nSPS) is 12.2. The Kier molecular flexibility index (Phi) is 7.44. The van der Waals surface area contributed by atoms with E-state index < -0.39 is 28.3 Å². The molecule has 1 N–H and O–H groups in total. The van der Waals surface area contributed by atoms with Crippen LogP contribution in [0.2, 0.25) is 0 Å². The van der Waals surface area contributed by atoms with Gasteiger partial charge in [0.1, 0.15) is 12.4 Å². The summed E-state index contributed by atoms with van der Waals surface area (Å²) < 4.78 is 49.2. The number of halogens is 1. The quantitative estimate of drug-likeness (QED) is 0.669. The number of amides is 1. The van der Waals surface area contributed by atoms with Crippen LogP contribution in [0.25, 0.3) is 0 Å². The third-order valence-electron chi connectivity index (χ3n) is 4.34. The maximum Gasteiger partial charge on any atom is 0.241 e. The number of carbonyl (C=O) groups is 1. The number of carbonyl (C=O) groups excluding carboxylic acids is 1. The maximum atomic E-state index is 13.5. The monoisotopic (exact) mass is 424 g/mol. The van der Waals surface area contributed by atoms with Crippen LogP contribution in [-0.2, 0) is 14.8 Å². The number of hydrogen-bond donors (Lipinski definition) is 1. The van der Waals surface area contributed by atoms with Gasteiger partial charge in [0.05, 0.1) is 32.2 Å². The van der Waals surface area contributed by atoms with Crippen LogP contribution in [0, 0.1) is 5.82 Å². The molecule has 0 aliphatic rings. The largest absolute Gasteiger partial charge is 0.493 e. The number of benzene rings is 2. The minimum atomic E-state index is -3.79. The van der Waals surface area contributed by atoms with Crippen molar-refractivity contribution in [1.29, 1.82) is 0 Å². The first-order chi connectivity index (χ1) is 13.7. The van der Waals surface area contributed by atoms with Crippen molar-refractivity contribution in [3.05, 3.63) is 53.8 Å². The van der Waals surface area contributed by atoms with Gasteiger partial charge in [-0.3, -0.25) is 9.10 Å². The SMILES string of the molecule is CC[C@@H](NC(=O)CN(c1cccc(F)c1)S(C)(=O)=O)c1ccc(OC)c(OC)c1. The summed E-state index contributed by atoms with van der Waals surface area (Å²) in [5.41, 5.74) is 0.872. The molecule has 2 rings (SSSR count). The number of methoxy groups -OCH3 is 2. The lowest BCUT2D eigenvalue weighted by Crippen LogP contribution is -2.41. The minimum absolute atomic E-state index is 0.0850. The van der Waals surface area contributed by atoms with Crippen LogP contribution in [0.4, 0.5) is 10.1 Å². The molecule has 0 aliphatic carbocycles. The van der Waals surface area contributed by atoms with E-state index in [-0.39, 0.29) is 11.7 Å². The molecule has 0 fully saturated rings. The predicted molar refractivity (Wildman–Crippen MR) is 109 cm³/mol. The molecule has 0 saturated heterocycles.